The summed E-state index contributed by atoms with van der Waals surface area (Å²) in [5.41, 5.74) is 5.86. The van der Waals surface area contributed by atoms with Crippen LogP contribution in [0.3, 0.4) is 0 Å². The Balaban J connectivity index is 1.61. The molecular weight excluding hydrogens is 268 g/mol. The Labute approximate surface area is 127 Å². The zero-order valence-electron chi connectivity index (χ0n) is 12.9. The second kappa shape index (κ2) is 8.87. The van der Waals surface area contributed by atoms with Crippen LogP contribution >= 0.6 is 0 Å². The summed E-state index contributed by atoms with van der Waals surface area (Å²) in [5, 5.41) is 6.81. The molecule has 21 heavy (non-hydrogen) atoms. The SMILES string of the molecule is NC(CN1CCCCCC1)=NOCC(=O)NC1CCCC1. The summed E-state index contributed by atoms with van der Waals surface area (Å²) in [7, 11) is 0. The van der Waals surface area contributed by atoms with Crippen molar-refractivity contribution < 1.29 is 9.63 Å². The molecule has 6 heteroatoms. The highest BCUT2D eigenvalue weighted by Gasteiger charge is 2.17. The van der Waals surface area contributed by atoms with Crippen molar-refractivity contribution in [1.29, 1.82) is 0 Å². The lowest BCUT2D eigenvalue weighted by atomic mass is 10.2. The van der Waals surface area contributed by atoms with E-state index in [-0.39, 0.29) is 12.5 Å². The van der Waals surface area contributed by atoms with Crippen LogP contribution in [0.15, 0.2) is 5.16 Å². The third-order valence-electron chi connectivity index (χ3n) is 4.18. The first-order valence-electron chi connectivity index (χ1n) is 8.20. The average Bonchev–Trinajstić information content (AvgIpc) is 2.82. The highest BCUT2D eigenvalue weighted by atomic mass is 16.6. The van der Waals surface area contributed by atoms with E-state index < -0.39 is 0 Å². The lowest BCUT2D eigenvalue weighted by Crippen LogP contribution is -2.36. The van der Waals surface area contributed by atoms with Crippen LogP contribution in [0.4, 0.5) is 0 Å². The summed E-state index contributed by atoms with van der Waals surface area (Å²) in [6, 6.07) is 0.319. The van der Waals surface area contributed by atoms with Crippen LogP contribution in [0.5, 0.6) is 0 Å². The zero-order valence-corrected chi connectivity index (χ0v) is 12.9. The smallest absolute Gasteiger partial charge is 0.260 e. The molecule has 6 nitrogen and oxygen atoms in total. The Morgan fingerprint density at radius 3 is 2.48 bits per heavy atom. The molecule has 1 aliphatic heterocycles. The minimum atomic E-state index is -0.103. The predicted octanol–water partition coefficient (Wildman–Crippen LogP) is 1.21. The molecule has 0 aromatic carbocycles. The van der Waals surface area contributed by atoms with Crippen LogP contribution in [-0.4, -0.2) is 48.9 Å². The van der Waals surface area contributed by atoms with Gasteiger partial charge in [0, 0.05) is 6.04 Å². The molecular formula is C15H28N4O2. The maximum atomic E-state index is 11.7. The van der Waals surface area contributed by atoms with Crippen molar-refractivity contribution >= 4 is 11.7 Å². The van der Waals surface area contributed by atoms with Gasteiger partial charge in [-0.1, -0.05) is 30.8 Å². The van der Waals surface area contributed by atoms with Crippen molar-refractivity contribution in [2.75, 3.05) is 26.2 Å². The van der Waals surface area contributed by atoms with Gasteiger partial charge in [0.1, 0.15) is 0 Å². The Morgan fingerprint density at radius 2 is 1.81 bits per heavy atom. The molecule has 0 radical (unpaired) electrons. The molecule has 1 amide bonds. The Kier molecular flexibility index (Phi) is 6.79. The molecule has 0 atom stereocenters. The van der Waals surface area contributed by atoms with Crippen LogP contribution in [-0.2, 0) is 9.63 Å². The van der Waals surface area contributed by atoms with Gasteiger partial charge < -0.3 is 15.9 Å². The van der Waals surface area contributed by atoms with Crippen molar-refractivity contribution in [1.82, 2.24) is 10.2 Å². The number of nitrogens with two attached hydrogens (primary N) is 1. The summed E-state index contributed by atoms with van der Waals surface area (Å²) in [4.78, 5) is 19.0. The van der Waals surface area contributed by atoms with E-state index in [9.17, 15) is 4.79 Å². The van der Waals surface area contributed by atoms with Gasteiger partial charge in [-0.3, -0.25) is 9.69 Å². The summed E-state index contributed by atoms with van der Waals surface area (Å²) in [6.07, 6.45) is 9.59. The van der Waals surface area contributed by atoms with Gasteiger partial charge in [0.15, 0.2) is 12.4 Å². The van der Waals surface area contributed by atoms with E-state index in [1.165, 1.54) is 38.5 Å². The van der Waals surface area contributed by atoms with E-state index in [4.69, 9.17) is 10.6 Å². The molecule has 2 rings (SSSR count). The third-order valence-corrected chi connectivity index (χ3v) is 4.18. The molecule has 0 spiro atoms. The van der Waals surface area contributed by atoms with Crippen LogP contribution in [0.1, 0.15) is 51.4 Å². The number of nitrogens with zero attached hydrogens (tertiary/aromatic N) is 2. The first-order valence-corrected chi connectivity index (χ1v) is 8.20. The molecule has 3 N–H and O–H groups in total. The number of carbonyl (C=O) groups is 1. The topological polar surface area (TPSA) is 79.9 Å². The number of hydrogen-bond donors (Lipinski definition) is 2. The molecule has 0 bridgehead atoms. The standard InChI is InChI=1S/C15H28N4O2/c16-14(11-19-9-5-1-2-6-10-19)18-21-12-15(20)17-13-7-3-4-8-13/h13H,1-12H2,(H2,16,18)(H,17,20). The number of hydrogen-bond acceptors (Lipinski definition) is 4. The van der Waals surface area contributed by atoms with Gasteiger partial charge >= 0.3 is 0 Å². The van der Waals surface area contributed by atoms with Gasteiger partial charge in [-0.2, -0.15) is 0 Å². The second-order valence-electron chi connectivity index (χ2n) is 6.10. The fourth-order valence-electron chi connectivity index (χ4n) is 3.07. The van der Waals surface area contributed by atoms with Crippen molar-refractivity contribution in [2.24, 2.45) is 10.9 Å². The predicted molar refractivity (Wildman–Crippen MR) is 82.9 cm³/mol. The van der Waals surface area contributed by atoms with Gasteiger partial charge in [-0.15, -0.1) is 0 Å². The Bertz CT molecular complexity index is 346. The fraction of sp³-hybridized carbons (Fsp3) is 0.867. The summed E-state index contributed by atoms with van der Waals surface area (Å²) in [6.45, 7) is 2.72. The first-order chi connectivity index (χ1) is 10.2. The maximum absolute atomic E-state index is 11.7. The number of amides is 1. The molecule has 0 aromatic heterocycles. The van der Waals surface area contributed by atoms with E-state index in [0.717, 1.165) is 25.9 Å². The van der Waals surface area contributed by atoms with Gasteiger partial charge in [0.05, 0.1) is 6.54 Å². The first kappa shape index (κ1) is 16.1. The van der Waals surface area contributed by atoms with Crippen LogP contribution in [0.25, 0.3) is 0 Å². The van der Waals surface area contributed by atoms with E-state index in [1.807, 2.05) is 0 Å². The minimum Gasteiger partial charge on any atom is -0.384 e. The van der Waals surface area contributed by atoms with Crippen LogP contribution < -0.4 is 11.1 Å². The number of carbonyl (C=O) groups excluding carboxylic acids is 1. The zero-order chi connectivity index (χ0) is 14.9. The highest BCUT2D eigenvalue weighted by Crippen LogP contribution is 2.17. The summed E-state index contributed by atoms with van der Waals surface area (Å²) >= 11 is 0. The molecule has 1 saturated heterocycles. The second-order valence-corrected chi connectivity index (χ2v) is 6.10. The van der Waals surface area contributed by atoms with Crippen LogP contribution in [0.2, 0.25) is 0 Å². The fourth-order valence-corrected chi connectivity index (χ4v) is 3.07. The normalized spacial score (nSPS) is 22.0. The maximum Gasteiger partial charge on any atom is 0.260 e. The number of nitrogens with one attached hydrogen (secondary N) is 1. The van der Waals surface area contributed by atoms with E-state index >= 15 is 0 Å². The molecule has 1 aliphatic carbocycles. The van der Waals surface area contributed by atoms with Crippen molar-refractivity contribution in [2.45, 2.75) is 57.4 Å². The average molecular weight is 296 g/mol. The minimum absolute atomic E-state index is 0.0444. The summed E-state index contributed by atoms with van der Waals surface area (Å²) < 4.78 is 0. The number of oxime groups is 1. The van der Waals surface area contributed by atoms with Gasteiger partial charge in [0.25, 0.3) is 5.91 Å². The monoisotopic (exact) mass is 296 g/mol. The molecule has 1 saturated carbocycles. The van der Waals surface area contributed by atoms with Crippen LogP contribution in [0, 0.1) is 0 Å². The molecule has 120 valence electrons. The van der Waals surface area contributed by atoms with Crippen molar-refractivity contribution in [3.05, 3.63) is 0 Å². The Hall–Kier alpha value is -1.30. The van der Waals surface area contributed by atoms with E-state index in [1.54, 1.807) is 0 Å². The van der Waals surface area contributed by atoms with Crippen molar-refractivity contribution in [3.63, 3.8) is 0 Å². The van der Waals surface area contributed by atoms with E-state index in [2.05, 4.69) is 15.4 Å². The lowest BCUT2D eigenvalue weighted by Gasteiger charge is -2.18. The molecule has 0 aromatic rings. The van der Waals surface area contributed by atoms with Gasteiger partial charge in [-0.05, 0) is 38.8 Å². The highest BCUT2D eigenvalue weighted by molar-refractivity contribution is 5.82. The summed E-state index contributed by atoms with van der Waals surface area (Å²) in [5.74, 6) is 0.346. The lowest BCUT2D eigenvalue weighted by molar-refractivity contribution is -0.126. The molecule has 0 unspecified atom stereocenters. The van der Waals surface area contributed by atoms with Gasteiger partial charge in [0.2, 0.25) is 0 Å². The third kappa shape index (κ3) is 6.33. The largest absolute Gasteiger partial charge is 0.384 e. The number of amidine groups is 1. The van der Waals surface area contributed by atoms with Crippen molar-refractivity contribution in [3.8, 4) is 0 Å². The molecule has 2 aliphatic rings. The Morgan fingerprint density at radius 1 is 1.14 bits per heavy atom. The van der Waals surface area contributed by atoms with Gasteiger partial charge in [-0.25, -0.2) is 0 Å². The molecule has 1 heterocycles. The quantitative estimate of drug-likeness (QED) is 0.438. The number of likely N-dealkylation sites (tertiary alicyclic amines) is 1. The van der Waals surface area contributed by atoms with E-state index in [0.29, 0.717) is 18.4 Å². The molecule has 2 fully saturated rings. The number of rotatable bonds is 6.